The topological polar surface area (TPSA) is 48.3 Å². The normalized spacial score (nSPS) is 16.8. The molecule has 2 aromatic heterocycles. The number of ether oxygens (including phenoxy) is 1. The lowest BCUT2D eigenvalue weighted by molar-refractivity contribution is -0.149. The van der Waals surface area contributed by atoms with E-state index in [0.717, 1.165) is 9.48 Å². The number of hydrogen-bond acceptors (Lipinski definition) is 4. The zero-order chi connectivity index (χ0) is 15.9. The second-order valence-electron chi connectivity index (χ2n) is 5.55. The van der Waals surface area contributed by atoms with Crippen molar-refractivity contribution in [2.75, 3.05) is 0 Å². The molecule has 3 rings (SSSR count). The zero-order valence-electron chi connectivity index (χ0n) is 12.3. The lowest BCUT2D eigenvalue weighted by Gasteiger charge is -2.12. The van der Waals surface area contributed by atoms with E-state index >= 15 is 0 Å². The maximum Gasteiger partial charge on any atom is 0.315 e. The third-order valence-corrected chi connectivity index (χ3v) is 5.30. The molecule has 2 aromatic rings. The maximum absolute atomic E-state index is 12.6. The number of fused-ring (bicyclic) bond motifs is 1. The Morgan fingerprint density at radius 3 is 2.73 bits per heavy atom. The maximum atomic E-state index is 12.6. The standard InChI is InChI=1S/C16H16BrNO3S/c1-9(2)21-16(20)10-7-8-18-11(10)3-4-12(18)15(19)13-5-6-14(17)22-13/h3-6,9-10H,7-8H2,1-2H3. The summed E-state index contributed by atoms with van der Waals surface area (Å²) in [7, 11) is 0. The summed E-state index contributed by atoms with van der Waals surface area (Å²) < 4.78 is 8.19. The minimum absolute atomic E-state index is 0.000160. The number of ketones is 1. The van der Waals surface area contributed by atoms with E-state index in [1.165, 1.54) is 11.3 Å². The fraction of sp³-hybridized carbons (Fsp3) is 0.375. The Morgan fingerprint density at radius 2 is 2.09 bits per heavy atom. The van der Waals surface area contributed by atoms with Gasteiger partial charge >= 0.3 is 5.97 Å². The Balaban J connectivity index is 1.87. The predicted octanol–water partition coefficient (Wildman–Crippen LogP) is 3.98. The van der Waals surface area contributed by atoms with Gasteiger partial charge < -0.3 is 9.30 Å². The molecule has 4 nitrogen and oxygen atoms in total. The van der Waals surface area contributed by atoms with Crippen LogP contribution in [0.4, 0.5) is 0 Å². The van der Waals surface area contributed by atoms with E-state index in [2.05, 4.69) is 15.9 Å². The molecule has 0 saturated carbocycles. The summed E-state index contributed by atoms with van der Waals surface area (Å²) >= 11 is 4.79. The molecule has 116 valence electrons. The van der Waals surface area contributed by atoms with Crippen LogP contribution in [-0.4, -0.2) is 22.4 Å². The molecule has 0 aliphatic carbocycles. The van der Waals surface area contributed by atoms with Gasteiger partial charge in [0.1, 0.15) is 0 Å². The van der Waals surface area contributed by atoms with Crippen molar-refractivity contribution in [3.8, 4) is 0 Å². The monoisotopic (exact) mass is 381 g/mol. The van der Waals surface area contributed by atoms with Gasteiger partial charge in [0.2, 0.25) is 5.78 Å². The van der Waals surface area contributed by atoms with Crippen molar-refractivity contribution >= 4 is 39.0 Å². The van der Waals surface area contributed by atoms with Crippen LogP contribution in [0.5, 0.6) is 0 Å². The first-order valence-electron chi connectivity index (χ1n) is 7.17. The molecule has 0 spiro atoms. The highest BCUT2D eigenvalue weighted by Crippen LogP contribution is 2.33. The number of rotatable bonds is 4. The first-order valence-corrected chi connectivity index (χ1v) is 8.78. The molecule has 0 amide bonds. The molecule has 0 N–H and O–H groups in total. The molecule has 1 aliphatic rings. The number of aromatic nitrogens is 1. The molecular weight excluding hydrogens is 366 g/mol. The highest BCUT2D eigenvalue weighted by atomic mass is 79.9. The number of nitrogens with zero attached hydrogens (tertiary/aromatic N) is 1. The smallest absolute Gasteiger partial charge is 0.315 e. The van der Waals surface area contributed by atoms with Gasteiger partial charge in [-0.05, 0) is 60.5 Å². The van der Waals surface area contributed by atoms with Gasteiger partial charge in [0.15, 0.2) is 0 Å². The van der Waals surface area contributed by atoms with Gasteiger partial charge in [0.05, 0.1) is 26.4 Å². The summed E-state index contributed by atoms with van der Waals surface area (Å²) in [5.74, 6) is -0.469. The Kier molecular flexibility index (Phi) is 4.23. The number of carbonyl (C=O) groups is 2. The summed E-state index contributed by atoms with van der Waals surface area (Å²) in [6.07, 6.45) is 0.567. The van der Waals surface area contributed by atoms with E-state index in [-0.39, 0.29) is 23.8 Å². The molecule has 1 aliphatic heterocycles. The van der Waals surface area contributed by atoms with Gasteiger partial charge in [-0.2, -0.15) is 0 Å². The molecule has 1 atom stereocenters. The van der Waals surface area contributed by atoms with Gasteiger partial charge in [-0.1, -0.05) is 0 Å². The first kappa shape index (κ1) is 15.5. The van der Waals surface area contributed by atoms with E-state index in [1.54, 1.807) is 6.07 Å². The third-order valence-electron chi connectivity index (χ3n) is 3.68. The van der Waals surface area contributed by atoms with E-state index in [4.69, 9.17) is 4.74 Å². The van der Waals surface area contributed by atoms with Crippen LogP contribution >= 0.6 is 27.3 Å². The molecule has 0 fully saturated rings. The Morgan fingerprint density at radius 1 is 1.32 bits per heavy atom. The summed E-state index contributed by atoms with van der Waals surface area (Å²) in [5, 5.41) is 0. The number of halogens is 1. The highest BCUT2D eigenvalue weighted by molar-refractivity contribution is 9.11. The molecular formula is C16H16BrNO3S. The van der Waals surface area contributed by atoms with E-state index in [0.29, 0.717) is 23.5 Å². The van der Waals surface area contributed by atoms with Crippen LogP contribution in [0, 0.1) is 0 Å². The summed E-state index contributed by atoms with van der Waals surface area (Å²) in [6.45, 7) is 4.36. The lowest BCUT2D eigenvalue weighted by atomic mass is 10.1. The number of hydrogen-bond donors (Lipinski definition) is 0. The average Bonchev–Trinajstić information content (AvgIpc) is 3.11. The van der Waals surface area contributed by atoms with Crippen molar-refractivity contribution in [2.24, 2.45) is 0 Å². The van der Waals surface area contributed by atoms with Crippen LogP contribution in [0.2, 0.25) is 0 Å². The molecule has 22 heavy (non-hydrogen) atoms. The van der Waals surface area contributed by atoms with Gasteiger partial charge in [-0.25, -0.2) is 0 Å². The molecule has 1 unspecified atom stereocenters. The van der Waals surface area contributed by atoms with Crippen LogP contribution in [0.25, 0.3) is 0 Å². The van der Waals surface area contributed by atoms with Crippen molar-refractivity contribution in [3.63, 3.8) is 0 Å². The van der Waals surface area contributed by atoms with E-state index in [9.17, 15) is 9.59 Å². The van der Waals surface area contributed by atoms with Gasteiger partial charge in [-0.3, -0.25) is 9.59 Å². The van der Waals surface area contributed by atoms with Crippen LogP contribution in [0.15, 0.2) is 28.1 Å². The van der Waals surface area contributed by atoms with E-state index in [1.807, 2.05) is 36.6 Å². The lowest BCUT2D eigenvalue weighted by Crippen LogP contribution is -2.18. The van der Waals surface area contributed by atoms with Gasteiger partial charge in [-0.15, -0.1) is 11.3 Å². The van der Waals surface area contributed by atoms with Crippen LogP contribution in [-0.2, 0) is 16.1 Å². The number of esters is 1. The largest absolute Gasteiger partial charge is 0.462 e. The minimum Gasteiger partial charge on any atom is -0.462 e. The minimum atomic E-state index is -0.265. The van der Waals surface area contributed by atoms with Crippen molar-refractivity contribution in [2.45, 2.75) is 38.8 Å². The Bertz CT molecular complexity index is 732. The molecule has 0 aromatic carbocycles. The SMILES string of the molecule is CC(C)OC(=O)C1CCn2c(C(=O)c3ccc(Br)s3)ccc21. The average molecular weight is 382 g/mol. The van der Waals surface area contributed by atoms with E-state index < -0.39 is 0 Å². The van der Waals surface area contributed by atoms with Crippen LogP contribution < -0.4 is 0 Å². The summed E-state index contributed by atoms with van der Waals surface area (Å²) in [5.41, 5.74) is 1.52. The fourth-order valence-electron chi connectivity index (χ4n) is 2.76. The fourth-order valence-corrected chi connectivity index (χ4v) is 4.09. The first-order chi connectivity index (χ1) is 10.5. The van der Waals surface area contributed by atoms with Crippen molar-refractivity contribution in [1.82, 2.24) is 4.57 Å². The molecule has 0 saturated heterocycles. The van der Waals surface area contributed by atoms with Crippen molar-refractivity contribution in [1.29, 1.82) is 0 Å². The Hall–Kier alpha value is -1.40. The highest BCUT2D eigenvalue weighted by Gasteiger charge is 2.33. The molecule has 3 heterocycles. The Labute approximate surface area is 141 Å². The molecule has 0 radical (unpaired) electrons. The van der Waals surface area contributed by atoms with Crippen molar-refractivity contribution < 1.29 is 14.3 Å². The second-order valence-corrected chi connectivity index (χ2v) is 8.02. The summed E-state index contributed by atoms with van der Waals surface area (Å²) in [6, 6.07) is 7.36. The van der Waals surface area contributed by atoms with Crippen LogP contribution in [0.3, 0.4) is 0 Å². The second kappa shape index (κ2) is 6.01. The van der Waals surface area contributed by atoms with Gasteiger partial charge in [0.25, 0.3) is 0 Å². The van der Waals surface area contributed by atoms with Gasteiger partial charge in [0, 0.05) is 12.2 Å². The number of carbonyl (C=O) groups excluding carboxylic acids is 2. The van der Waals surface area contributed by atoms with Crippen molar-refractivity contribution in [3.05, 3.63) is 44.3 Å². The zero-order valence-corrected chi connectivity index (χ0v) is 14.7. The predicted molar refractivity (Wildman–Crippen MR) is 88.5 cm³/mol. The number of thiophene rings is 1. The molecule has 6 heteroatoms. The molecule has 0 bridgehead atoms. The summed E-state index contributed by atoms with van der Waals surface area (Å²) in [4.78, 5) is 25.4. The van der Waals surface area contributed by atoms with Crippen LogP contribution in [0.1, 0.15) is 47.2 Å². The quantitative estimate of drug-likeness (QED) is 0.594. The third kappa shape index (κ3) is 2.77.